The summed E-state index contributed by atoms with van der Waals surface area (Å²) >= 11 is 12.2. The fourth-order valence-electron chi connectivity index (χ4n) is 2.00. The molecule has 0 heterocycles. The first kappa shape index (κ1) is 13.9. The number of nitrogens with zero attached hydrogens (tertiary/aromatic N) is 1. The van der Waals surface area contributed by atoms with Crippen LogP contribution in [0, 0.1) is 25.2 Å². The van der Waals surface area contributed by atoms with Crippen LogP contribution in [0.2, 0.25) is 10.0 Å². The quantitative estimate of drug-likeness (QED) is 0.739. The molecule has 2 rings (SSSR count). The first-order valence-corrected chi connectivity index (χ1v) is 6.70. The van der Waals surface area contributed by atoms with Gasteiger partial charge in [-0.3, -0.25) is 0 Å². The molecule has 96 valence electrons. The van der Waals surface area contributed by atoms with Crippen molar-refractivity contribution in [2.45, 2.75) is 19.8 Å². The molecule has 2 aromatic carbocycles. The first-order chi connectivity index (χ1) is 9.02. The molecule has 0 spiro atoms. The van der Waals surface area contributed by atoms with Crippen LogP contribution in [0.3, 0.4) is 0 Å². The van der Waals surface area contributed by atoms with Gasteiger partial charge in [0, 0.05) is 10.0 Å². The van der Waals surface area contributed by atoms with Crippen molar-refractivity contribution in [1.29, 1.82) is 5.26 Å². The van der Waals surface area contributed by atoms with Crippen LogP contribution in [0.1, 0.15) is 28.2 Å². The van der Waals surface area contributed by atoms with Crippen LogP contribution in [-0.4, -0.2) is 0 Å². The van der Waals surface area contributed by atoms with E-state index in [1.165, 1.54) is 0 Å². The first-order valence-electron chi connectivity index (χ1n) is 5.94. The molecule has 0 N–H and O–H groups in total. The van der Waals surface area contributed by atoms with Crippen molar-refractivity contribution in [3.8, 4) is 6.07 Å². The minimum atomic E-state index is -0.371. The fourth-order valence-corrected chi connectivity index (χ4v) is 2.46. The van der Waals surface area contributed by atoms with E-state index in [1.807, 2.05) is 38.1 Å². The highest BCUT2D eigenvalue weighted by atomic mass is 35.5. The largest absolute Gasteiger partial charge is 0.197 e. The molecule has 1 nitrogen and oxygen atoms in total. The van der Waals surface area contributed by atoms with Crippen molar-refractivity contribution in [2.24, 2.45) is 0 Å². The summed E-state index contributed by atoms with van der Waals surface area (Å²) in [5.74, 6) is -0.371. The Morgan fingerprint density at radius 1 is 1.00 bits per heavy atom. The van der Waals surface area contributed by atoms with E-state index in [1.54, 1.807) is 12.1 Å². The summed E-state index contributed by atoms with van der Waals surface area (Å²) < 4.78 is 0. The van der Waals surface area contributed by atoms with Gasteiger partial charge < -0.3 is 0 Å². The van der Waals surface area contributed by atoms with Crippen LogP contribution in [-0.2, 0) is 0 Å². The maximum Gasteiger partial charge on any atom is 0.0977 e. The Hall–Kier alpha value is -1.49. The highest BCUT2D eigenvalue weighted by Gasteiger charge is 2.17. The van der Waals surface area contributed by atoms with Gasteiger partial charge in [0.15, 0.2) is 0 Å². The zero-order chi connectivity index (χ0) is 14.0. The number of hydrogen-bond acceptors (Lipinski definition) is 1. The second kappa shape index (κ2) is 5.65. The van der Waals surface area contributed by atoms with Gasteiger partial charge in [0.2, 0.25) is 0 Å². The second-order valence-corrected chi connectivity index (χ2v) is 5.42. The average Bonchev–Trinajstić information content (AvgIpc) is 2.38. The number of benzene rings is 2. The van der Waals surface area contributed by atoms with Crippen molar-refractivity contribution in [2.75, 3.05) is 0 Å². The van der Waals surface area contributed by atoms with Crippen LogP contribution in [0.5, 0.6) is 0 Å². The van der Waals surface area contributed by atoms with Crippen LogP contribution in [0.15, 0.2) is 36.4 Å². The highest BCUT2D eigenvalue weighted by Crippen LogP contribution is 2.32. The van der Waals surface area contributed by atoms with E-state index in [-0.39, 0.29) is 5.92 Å². The summed E-state index contributed by atoms with van der Waals surface area (Å²) in [5, 5.41) is 10.7. The van der Waals surface area contributed by atoms with Gasteiger partial charge in [0.05, 0.1) is 12.0 Å². The summed E-state index contributed by atoms with van der Waals surface area (Å²) in [6.07, 6.45) is 0. The van der Waals surface area contributed by atoms with Crippen LogP contribution < -0.4 is 0 Å². The lowest BCUT2D eigenvalue weighted by Gasteiger charge is -2.14. The van der Waals surface area contributed by atoms with E-state index in [2.05, 4.69) is 6.07 Å². The number of aryl methyl sites for hydroxylation is 2. The molecule has 2 aromatic rings. The third-order valence-electron chi connectivity index (χ3n) is 3.26. The van der Waals surface area contributed by atoms with Gasteiger partial charge in [0.25, 0.3) is 0 Å². The number of rotatable bonds is 2. The van der Waals surface area contributed by atoms with Gasteiger partial charge in [-0.2, -0.15) is 5.26 Å². The molecule has 0 aliphatic carbocycles. The molecule has 0 fully saturated rings. The van der Waals surface area contributed by atoms with Gasteiger partial charge in [-0.05, 0) is 54.3 Å². The SMILES string of the molecule is Cc1cc(Cl)c(C(C#N)c2ccc(Cl)cc2)cc1C. The molecule has 0 aliphatic rings. The molecular formula is C16H13Cl2N. The zero-order valence-corrected chi connectivity index (χ0v) is 12.3. The number of nitriles is 1. The Bertz CT molecular complexity index is 639. The van der Waals surface area contributed by atoms with E-state index >= 15 is 0 Å². The number of halogens is 2. The molecule has 0 aromatic heterocycles. The molecule has 1 atom stereocenters. The third-order valence-corrected chi connectivity index (χ3v) is 3.84. The molecule has 0 amide bonds. The number of hydrogen-bond donors (Lipinski definition) is 0. The lowest BCUT2D eigenvalue weighted by Crippen LogP contribution is -2.00. The van der Waals surface area contributed by atoms with Crippen molar-refractivity contribution in [1.82, 2.24) is 0 Å². The predicted molar refractivity (Wildman–Crippen MR) is 79.8 cm³/mol. The molecule has 0 saturated heterocycles. The smallest absolute Gasteiger partial charge is 0.0977 e. The fraction of sp³-hybridized carbons (Fsp3) is 0.188. The van der Waals surface area contributed by atoms with E-state index in [9.17, 15) is 5.26 Å². The van der Waals surface area contributed by atoms with Crippen LogP contribution in [0.25, 0.3) is 0 Å². The lowest BCUT2D eigenvalue weighted by molar-refractivity contribution is 1.03. The van der Waals surface area contributed by atoms with Crippen LogP contribution >= 0.6 is 23.2 Å². The lowest BCUT2D eigenvalue weighted by atomic mass is 9.90. The summed E-state index contributed by atoms with van der Waals surface area (Å²) in [4.78, 5) is 0. The normalized spacial score (nSPS) is 11.9. The minimum absolute atomic E-state index is 0.371. The second-order valence-electron chi connectivity index (χ2n) is 4.57. The van der Waals surface area contributed by atoms with Gasteiger partial charge in [0.1, 0.15) is 0 Å². The van der Waals surface area contributed by atoms with Gasteiger partial charge in [-0.1, -0.05) is 41.4 Å². The Balaban J connectivity index is 2.52. The third kappa shape index (κ3) is 2.92. The standard InChI is InChI=1S/C16H13Cl2N/c1-10-7-14(16(18)8-11(10)2)15(9-19)12-3-5-13(17)6-4-12/h3-8,15H,1-2H3. The van der Waals surface area contributed by atoms with Gasteiger partial charge in [-0.25, -0.2) is 0 Å². The molecule has 1 unspecified atom stereocenters. The molecule has 0 radical (unpaired) electrons. The maximum absolute atomic E-state index is 9.45. The van der Waals surface area contributed by atoms with Crippen molar-refractivity contribution >= 4 is 23.2 Å². The minimum Gasteiger partial charge on any atom is -0.197 e. The summed E-state index contributed by atoms with van der Waals surface area (Å²) in [6, 6.07) is 13.5. The van der Waals surface area contributed by atoms with Gasteiger partial charge in [-0.15, -0.1) is 0 Å². The topological polar surface area (TPSA) is 23.8 Å². The predicted octanol–water partition coefficient (Wildman–Crippen LogP) is 5.27. The van der Waals surface area contributed by atoms with E-state index in [0.717, 1.165) is 22.3 Å². The maximum atomic E-state index is 9.45. The molecule has 0 aliphatic heterocycles. The molecule has 3 heteroatoms. The molecule has 0 bridgehead atoms. The van der Waals surface area contributed by atoms with E-state index in [0.29, 0.717) is 10.0 Å². The Kier molecular flexibility index (Phi) is 4.14. The van der Waals surface area contributed by atoms with Gasteiger partial charge >= 0.3 is 0 Å². The van der Waals surface area contributed by atoms with Crippen molar-refractivity contribution < 1.29 is 0 Å². The van der Waals surface area contributed by atoms with Crippen molar-refractivity contribution in [3.63, 3.8) is 0 Å². The summed E-state index contributed by atoms with van der Waals surface area (Å²) in [5.41, 5.74) is 4.00. The van der Waals surface area contributed by atoms with E-state index < -0.39 is 0 Å². The highest BCUT2D eigenvalue weighted by molar-refractivity contribution is 6.31. The Labute approximate surface area is 123 Å². The summed E-state index contributed by atoms with van der Waals surface area (Å²) in [7, 11) is 0. The Morgan fingerprint density at radius 3 is 2.16 bits per heavy atom. The molecule has 0 saturated carbocycles. The monoisotopic (exact) mass is 289 g/mol. The van der Waals surface area contributed by atoms with Crippen molar-refractivity contribution in [3.05, 3.63) is 68.7 Å². The Morgan fingerprint density at radius 2 is 1.58 bits per heavy atom. The molecular weight excluding hydrogens is 277 g/mol. The van der Waals surface area contributed by atoms with E-state index in [4.69, 9.17) is 23.2 Å². The van der Waals surface area contributed by atoms with Crippen LogP contribution in [0.4, 0.5) is 0 Å². The zero-order valence-electron chi connectivity index (χ0n) is 10.7. The average molecular weight is 290 g/mol. The summed E-state index contributed by atoms with van der Waals surface area (Å²) in [6.45, 7) is 4.03. The molecule has 19 heavy (non-hydrogen) atoms.